The van der Waals surface area contributed by atoms with Crippen molar-refractivity contribution in [2.24, 2.45) is 0 Å². The van der Waals surface area contributed by atoms with Crippen molar-refractivity contribution in [1.29, 1.82) is 10.5 Å². The molecule has 0 aliphatic heterocycles. The zero-order chi connectivity index (χ0) is 15.5. The predicted octanol–water partition coefficient (Wildman–Crippen LogP) is 2.20. The third-order valence-corrected chi connectivity index (χ3v) is 5.50. The Bertz CT molecular complexity index is 713. The van der Waals surface area contributed by atoms with Gasteiger partial charge in [0.05, 0.1) is 16.4 Å². The van der Waals surface area contributed by atoms with Gasteiger partial charge in [-0.1, -0.05) is 6.42 Å². The third kappa shape index (κ3) is 3.74. The minimum Gasteiger partial charge on any atom is -0.382 e. The van der Waals surface area contributed by atoms with Gasteiger partial charge in [0, 0.05) is 18.0 Å². The van der Waals surface area contributed by atoms with Crippen molar-refractivity contribution in [2.45, 2.75) is 37.0 Å². The third-order valence-electron chi connectivity index (χ3n) is 3.86. The minimum atomic E-state index is -3.01. The molecular weight excluding hydrogens is 286 g/mol. The summed E-state index contributed by atoms with van der Waals surface area (Å²) in [7, 11) is -3.01. The average molecular weight is 303 g/mol. The van der Waals surface area contributed by atoms with Crippen LogP contribution in [0.25, 0.3) is 0 Å². The summed E-state index contributed by atoms with van der Waals surface area (Å²) < 4.78 is 23.3. The Morgan fingerprint density at radius 3 is 2.52 bits per heavy atom. The van der Waals surface area contributed by atoms with E-state index in [4.69, 9.17) is 10.5 Å². The van der Waals surface area contributed by atoms with Gasteiger partial charge in [-0.25, -0.2) is 8.42 Å². The standard InChI is InChI=1S/C15H17N3O2S/c1-21(19,20)15-4-2-3-13(8-15)18-14-6-5-11(9-16)12(7-14)10-17/h5-7,13,15,18H,2-4,8H2,1H3. The zero-order valence-electron chi connectivity index (χ0n) is 11.8. The highest BCUT2D eigenvalue weighted by molar-refractivity contribution is 7.91. The summed E-state index contributed by atoms with van der Waals surface area (Å²) in [5.74, 6) is 0. The van der Waals surface area contributed by atoms with E-state index >= 15 is 0 Å². The van der Waals surface area contributed by atoms with Crippen LogP contribution in [0.3, 0.4) is 0 Å². The van der Waals surface area contributed by atoms with E-state index in [0.717, 1.165) is 18.5 Å². The second-order valence-corrected chi connectivity index (χ2v) is 7.77. The summed E-state index contributed by atoms with van der Waals surface area (Å²) in [6, 6.07) is 9.06. The van der Waals surface area contributed by atoms with Crippen LogP contribution in [0.2, 0.25) is 0 Å². The van der Waals surface area contributed by atoms with Crippen LogP contribution in [0.4, 0.5) is 5.69 Å². The largest absolute Gasteiger partial charge is 0.382 e. The summed E-state index contributed by atoms with van der Waals surface area (Å²) in [5.41, 5.74) is 1.43. The molecular formula is C15H17N3O2S. The lowest BCUT2D eigenvalue weighted by Crippen LogP contribution is -2.34. The van der Waals surface area contributed by atoms with Crippen LogP contribution in [-0.4, -0.2) is 26.0 Å². The molecule has 0 amide bonds. The number of hydrogen-bond acceptors (Lipinski definition) is 5. The Hall–Kier alpha value is -2.05. The first-order valence-electron chi connectivity index (χ1n) is 6.83. The van der Waals surface area contributed by atoms with Crippen molar-refractivity contribution in [3.05, 3.63) is 29.3 Å². The summed E-state index contributed by atoms with van der Waals surface area (Å²) in [4.78, 5) is 0. The predicted molar refractivity (Wildman–Crippen MR) is 80.4 cm³/mol. The second kappa shape index (κ2) is 6.15. The molecule has 5 nitrogen and oxygen atoms in total. The molecule has 2 atom stereocenters. The number of nitrogens with zero attached hydrogens (tertiary/aromatic N) is 2. The molecule has 110 valence electrons. The number of nitrogens with one attached hydrogen (secondary N) is 1. The van der Waals surface area contributed by atoms with Crippen molar-refractivity contribution >= 4 is 15.5 Å². The number of nitriles is 2. The van der Waals surface area contributed by atoms with Gasteiger partial charge in [0.25, 0.3) is 0 Å². The van der Waals surface area contributed by atoms with Crippen LogP contribution in [0.5, 0.6) is 0 Å². The van der Waals surface area contributed by atoms with Crippen LogP contribution in [-0.2, 0) is 9.84 Å². The summed E-state index contributed by atoms with van der Waals surface area (Å²) in [6.07, 6.45) is 4.37. The van der Waals surface area contributed by atoms with Gasteiger partial charge in [-0.05, 0) is 37.5 Å². The van der Waals surface area contributed by atoms with Crippen molar-refractivity contribution in [2.75, 3.05) is 11.6 Å². The molecule has 21 heavy (non-hydrogen) atoms. The summed E-state index contributed by atoms with van der Waals surface area (Å²) in [5, 5.41) is 20.9. The van der Waals surface area contributed by atoms with Crippen LogP contribution >= 0.6 is 0 Å². The van der Waals surface area contributed by atoms with E-state index in [9.17, 15) is 8.42 Å². The lowest BCUT2D eigenvalue weighted by Gasteiger charge is -2.29. The molecule has 0 heterocycles. The molecule has 6 heteroatoms. The fourth-order valence-corrected chi connectivity index (χ4v) is 3.90. The number of benzene rings is 1. The highest BCUT2D eigenvalue weighted by Gasteiger charge is 2.28. The molecule has 1 aromatic rings. The molecule has 0 aromatic heterocycles. The van der Waals surface area contributed by atoms with E-state index in [0.29, 0.717) is 24.0 Å². The van der Waals surface area contributed by atoms with Crippen LogP contribution in [0.1, 0.15) is 36.8 Å². The van der Waals surface area contributed by atoms with Gasteiger partial charge in [0.2, 0.25) is 0 Å². The van der Waals surface area contributed by atoms with Gasteiger partial charge in [0.15, 0.2) is 0 Å². The van der Waals surface area contributed by atoms with Crippen molar-refractivity contribution in [3.63, 3.8) is 0 Å². The molecule has 1 aliphatic carbocycles. The van der Waals surface area contributed by atoms with Crippen molar-refractivity contribution < 1.29 is 8.42 Å². The Labute approximate surface area is 125 Å². The summed E-state index contributed by atoms with van der Waals surface area (Å²) in [6.45, 7) is 0. The lowest BCUT2D eigenvalue weighted by molar-refractivity contribution is 0.453. The molecule has 0 radical (unpaired) electrons. The normalized spacial score (nSPS) is 22.0. The first-order chi connectivity index (χ1) is 9.94. The van der Waals surface area contributed by atoms with Crippen LogP contribution in [0, 0.1) is 22.7 Å². The maximum absolute atomic E-state index is 11.7. The summed E-state index contributed by atoms with van der Waals surface area (Å²) >= 11 is 0. The number of rotatable bonds is 3. The van der Waals surface area contributed by atoms with Gasteiger partial charge in [-0.15, -0.1) is 0 Å². The van der Waals surface area contributed by atoms with Gasteiger partial charge in [-0.2, -0.15) is 10.5 Å². The number of anilines is 1. The average Bonchev–Trinajstić information content (AvgIpc) is 2.46. The Morgan fingerprint density at radius 1 is 1.19 bits per heavy atom. The smallest absolute Gasteiger partial charge is 0.150 e. The Morgan fingerprint density at radius 2 is 1.90 bits per heavy atom. The lowest BCUT2D eigenvalue weighted by atomic mass is 9.94. The van der Waals surface area contributed by atoms with Gasteiger partial charge >= 0.3 is 0 Å². The SMILES string of the molecule is CS(=O)(=O)C1CCCC(Nc2ccc(C#N)c(C#N)c2)C1. The molecule has 1 fully saturated rings. The highest BCUT2D eigenvalue weighted by Crippen LogP contribution is 2.27. The fraction of sp³-hybridized carbons (Fsp3) is 0.467. The van der Waals surface area contributed by atoms with E-state index < -0.39 is 9.84 Å². The first-order valence-corrected chi connectivity index (χ1v) is 8.79. The van der Waals surface area contributed by atoms with E-state index in [2.05, 4.69) is 5.32 Å². The van der Waals surface area contributed by atoms with Crippen molar-refractivity contribution in [3.8, 4) is 12.1 Å². The molecule has 1 aliphatic rings. The first kappa shape index (κ1) is 15.3. The quantitative estimate of drug-likeness (QED) is 0.923. The second-order valence-electron chi connectivity index (χ2n) is 5.44. The van der Waals surface area contributed by atoms with Gasteiger partial charge in [0.1, 0.15) is 22.0 Å². The molecule has 2 unspecified atom stereocenters. The molecule has 0 saturated heterocycles. The van der Waals surface area contributed by atoms with E-state index in [1.807, 2.05) is 12.1 Å². The van der Waals surface area contributed by atoms with Crippen LogP contribution < -0.4 is 5.32 Å². The topological polar surface area (TPSA) is 93.8 Å². The molecule has 0 spiro atoms. The van der Waals surface area contributed by atoms with Gasteiger partial charge in [-0.3, -0.25) is 0 Å². The van der Waals surface area contributed by atoms with E-state index in [-0.39, 0.29) is 11.3 Å². The van der Waals surface area contributed by atoms with E-state index in [1.54, 1.807) is 18.2 Å². The molecule has 1 aromatic carbocycles. The number of sulfone groups is 1. The monoisotopic (exact) mass is 303 g/mol. The molecule has 0 bridgehead atoms. The molecule has 2 rings (SSSR count). The van der Waals surface area contributed by atoms with Gasteiger partial charge < -0.3 is 5.32 Å². The fourth-order valence-electron chi connectivity index (χ4n) is 2.72. The molecule has 1 N–H and O–H groups in total. The number of hydrogen-bond donors (Lipinski definition) is 1. The van der Waals surface area contributed by atoms with Crippen LogP contribution in [0.15, 0.2) is 18.2 Å². The Balaban J connectivity index is 2.12. The maximum atomic E-state index is 11.7. The maximum Gasteiger partial charge on any atom is 0.150 e. The van der Waals surface area contributed by atoms with E-state index in [1.165, 1.54) is 6.26 Å². The zero-order valence-corrected chi connectivity index (χ0v) is 12.7. The Kier molecular flexibility index (Phi) is 4.50. The molecule has 1 saturated carbocycles. The highest BCUT2D eigenvalue weighted by atomic mass is 32.2. The van der Waals surface area contributed by atoms with Crippen molar-refractivity contribution in [1.82, 2.24) is 0 Å². The minimum absolute atomic E-state index is 0.0814.